The van der Waals surface area contributed by atoms with Gasteiger partial charge in [0.15, 0.2) is 11.6 Å². The van der Waals surface area contributed by atoms with E-state index < -0.39 is 0 Å². The summed E-state index contributed by atoms with van der Waals surface area (Å²) in [6.45, 7) is 4.67. The van der Waals surface area contributed by atoms with Crippen molar-refractivity contribution in [1.82, 2.24) is 20.7 Å². The molecule has 6 heteroatoms. The second kappa shape index (κ2) is 7.66. The Kier molecular flexibility index (Phi) is 4.93. The van der Waals surface area contributed by atoms with Gasteiger partial charge in [-0.15, -0.1) is 5.10 Å². The van der Waals surface area contributed by atoms with Crippen molar-refractivity contribution in [2.75, 3.05) is 18.0 Å². The van der Waals surface area contributed by atoms with Gasteiger partial charge in [0.2, 0.25) is 0 Å². The van der Waals surface area contributed by atoms with Crippen LogP contribution in [0.2, 0.25) is 0 Å². The van der Waals surface area contributed by atoms with Crippen molar-refractivity contribution in [3.8, 4) is 11.3 Å². The second-order valence-electron chi connectivity index (χ2n) is 6.75. The Labute approximate surface area is 153 Å². The van der Waals surface area contributed by atoms with Crippen molar-refractivity contribution in [2.24, 2.45) is 0 Å². The summed E-state index contributed by atoms with van der Waals surface area (Å²) in [4.78, 5) is 2.33. The minimum atomic E-state index is 0.436. The van der Waals surface area contributed by atoms with Crippen molar-refractivity contribution >= 4 is 5.82 Å². The van der Waals surface area contributed by atoms with Crippen LogP contribution in [0.5, 0.6) is 0 Å². The van der Waals surface area contributed by atoms with Gasteiger partial charge in [0.1, 0.15) is 5.69 Å². The lowest BCUT2D eigenvalue weighted by Crippen LogP contribution is -2.38. The number of rotatable bonds is 6. The number of anilines is 1. The molecule has 1 aliphatic rings. The molecule has 1 saturated heterocycles. The molecule has 0 spiro atoms. The summed E-state index contributed by atoms with van der Waals surface area (Å²) in [7, 11) is 0. The van der Waals surface area contributed by atoms with Gasteiger partial charge >= 0.3 is 0 Å². The van der Waals surface area contributed by atoms with Crippen molar-refractivity contribution in [2.45, 2.75) is 32.4 Å². The predicted octanol–water partition coefficient (Wildman–Crippen LogP) is 3.20. The van der Waals surface area contributed by atoms with E-state index >= 15 is 0 Å². The molecule has 0 amide bonds. The summed E-state index contributed by atoms with van der Waals surface area (Å²) in [6, 6.07) is 14.7. The maximum atomic E-state index is 5.48. The van der Waals surface area contributed by atoms with Gasteiger partial charge in [-0.05, 0) is 31.9 Å². The quantitative estimate of drug-likeness (QED) is 0.737. The molecule has 3 aromatic rings. The first-order valence-corrected chi connectivity index (χ1v) is 9.07. The minimum Gasteiger partial charge on any atom is -0.359 e. The third-order valence-corrected chi connectivity index (χ3v) is 4.82. The van der Waals surface area contributed by atoms with Gasteiger partial charge in [-0.25, -0.2) is 0 Å². The number of hydrogen-bond donors (Lipinski definition) is 1. The van der Waals surface area contributed by atoms with Crippen LogP contribution in [0.25, 0.3) is 11.3 Å². The maximum absolute atomic E-state index is 5.48. The molecule has 2 aromatic heterocycles. The van der Waals surface area contributed by atoms with E-state index in [1.807, 2.05) is 18.2 Å². The topological polar surface area (TPSA) is 67.1 Å². The van der Waals surface area contributed by atoms with E-state index in [-0.39, 0.29) is 0 Å². The van der Waals surface area contributed by atoms with Gasteiger partial charge in [-0.1, -0.05) is 35.0 Å². The average Bonchev–Trinajstić information content (AvgIpc) is 3.33. The zero-order valence-corrected chi connectivity index (χ0v) is 14.9. The van der Waals surface area contributed by atoms with E-state index in [0.29, 0.717) is 12.6 Å². The first-order valence-electron chi connectivity index (χ1n) is 9.07. The van der Waals surface area contributed by atoms with Crippen LogP contribution in [0, 0.1) is 6.92 Å². The zero-order valence-electron chi connectivity index (χ0n) is 14.9. The van der Waals surface area contributed by atoms with Gasteiger partial charge in [0.25, 0.3) is 0 Å². The number of benzene rings is 1. The van der Waals surface area contributed by atoms with Gasteiger partial charge in [0.05, 0.1) is 6.54 Å². The Morgan fingerprint density at radius 1 is 1.23 bits per heavy atom. The SMILES string of the molecule is Cc1ccc(-c2cc(CNCC3CCCN3c3cccnn3)on2)cc1. The van der Waals surface area contributed by atoms with Gasteiger partial charge < -0.3 is 14.7 Å². The molecule has 1 aliphatic heterocycles. The summed E-state index contributed by atoms with van der Waals surface area (Å²) >= 11 is 0. The van der Waals surface area contributed by atoms with Gasteiger partial charge in [-0.3, -0.25) is 0 Å². The molecule has 0 radical (unpaired) electrons. The molecule has 3 heterocycles. The van der Waals surface area contributed by atoms with Gasteiger partial charge in [0, 0.05) is 37.0 Å². The molecular formula is C20H23N5O. The normalized spacial score (nSPS) is 17.0. The highest BCUT2D eigenvalue weighted by Crippen LogP contribution is 2.23. The molecule has 26 heavy (non-hydrogen) atoms. The third-order valence-electron chi connectivity index (χ3n) is 4.82. The van der Waals surface area contributed by atoms with Crippen LogP contribution in [-0.4, -0.2) is 34.5 Å². The van der Waals surface area contributed by atoms with Crippen LogP contribution in [0.3, 0.4) is 0 Å². The van der Waals surface area contributed by atoms with Crippen molar-refractivity contribution in [1.29, 1.82) is 0 Å². The molecule has 0 saturated carbocycles. The standard InChI is InChI=1S/C20H23N5O/c1-15-6-8-16(9-7-15)19-12-18(26-24-19)14-21-13-17-4-3-11-25(17)20-5-2-10-22-23-20/h2,5-10,12,17,21H,3-4,11,13-14H2,1H3. The van der Waals surface area contributed by atoms with Crippen LogP contribution in [0.4, 0.5) is 5.82 Å². The van der Waals surface area contributed by atoms with E-state index in [0.717, 1.165) is 42.3 Å². The molecule has 0 aliphatic carbocycles. The number of nitrogens with zero attached hydrogens (tertiary/aromatic N) is 4. The molecule has 1 N–H and O–H groups in total. The molecular weight excluding hydrogens is 326 g/mol. The fraction of sp³-hybridized carbons (Fsp3) is 0.350. The van der Waals surface area contributed by atoms with E-state index in [1.165, 1.54) is 12.0 Å². The molecule has 6 nitrogen and oxygen atoms in total. The lowest BCUT2D eigenvalue weighted by atomic mass is 10.1. The smallest absolute Gasteiger partial charge is 0.151 e. The van der Waals surface area contributed by atoms with Crippen LogP contribution >= 0.6 is 0 Å². The fourth-order valence-corrected chi connectivity index (χ4v) is 3.41. The van der Waals surface area contributed by atoms with Crippen molar-refractivity contribution < 1.29 is 4.52 Å². The lowest BCUT2D eigenvalue weighted by Gasteiger charge is -2.25. The number of aromatic nitrogens is 3. The maximum Gasteiger partial charge on any atom is 0.151 e. The average molecular weight is 349 g/mol. The monoisotopic (exact) mass is 349 g/mol. The largest absolute Gasteiger partial charge is 0.359 e. The minimum absolute atomic E-state index is 0.436. The summed E-state index contributed by atoms with van der Waals surface area (Å²) in [5, 5.41) is 15.9. The molecule has 4 rings (SSSR count). The fourth-order valence-electron chi connectivity index (χ4n) is 3.41. The number of aryl methyl sites for hydroxylation is 1. The Hall–Kier alpha value is -2.73. The van der Waals surface area contributed by atoms with E-state index in [9.17, 15) is 0 Å². The highest BCUT2D eigenvalue weighted by Gasteiger charge is 2.25. The predicted molar refractivity (Wildman–Crippen MR) is 101 cm³/mol. The summed E-state index contributed by atoms with van der Waals surface area (Å²) in [6.07, 6.45) is 4.06. The van der Waals surface area contributed by atoms with Crippen molar-refractivity contribution in [3.63, 3.8) is 0 Å². The van der Waals surface area contributed by atoms with Crippen LogP contribution < -0.4 is 10.2 Å². The Morgan fingerprint density at radius 2 is 2.12 bits per heavy atom. The van der Waals surface area contributed by atoms with Crippen LogP contribution in [0.1, 0.15) is 24.2 Å². The highest BCUT2D eigenvalue weighted by molar-refractivity contribution is 5.59. The first-order chi connectivity index (χ1) is 12.8. The Balaban J connectivity index is 1.33. The van der Waals surface area contributed by atoms with E-state index in [2.05, 4.69) is 56.8 Å². The molecule has 1 fully saturated rings. The zero-order chi connectivity index (χ0) is 17.8. The molecule has 1 unspecified atom stereocenters. The molecule has 134 valence electrons. The first kappa shape index (κ1) is 16.7. The van der Waals surface area contributed by atoms with Gasteiger partial charge in [-0.2, -0.15) is 5.10 Å². The molecule has 1 aromatic carbocycles. The molecule has 1 atom stereocenters. The Bertz CT molecular complexity index is 831. The second-order valence-corrected chi connectivity index (χ2v) is 6.75. The summed E-state index contributed by atoms with van der Waals surface area (Å²) in [5.41, 5.74) is 3.20. The lowest BCUT2D eigenvalue weighted by molar-refractivity contribution is 0.372. The Morgan fingerprint density at radius 3 is 2.92 bits per heavy atom. The van der Waals surface area contributed by atoms with Crippen molar-refractivity contribution in [3.05, 3.63) is 60.0 Å². The molecule has 0 bridgehead atoms. The van der Waals surface area contributed by atoms with Crippen LogP contribution in [-0.2, 0) is 6.54 Å². The number of nitrogens with one attached hydrogen (secondary N) is 1. The third kappa shape index (κ3) is 3.75. The summed E-state index contributed by atoms with van der Waals surface area (Å²) < 4.78 is 5.48. The highest BCUT2D eigenvalue weighted by atomic mass is 16.5. The number of hydrogen-bond acceptors (Lipinski definition) is 6. The van der Waals surface area contributed by atoms with E-state index in [1.54, 1.807) is 6.20 Å². The van der Waals surface area contributed by atoms with Crippen LogP contribution in [0.15, 0.2) is 53.2 Å². The van der Waals surface area contributed by atoms with E-state index in [4.69, 9.17) is 4.52 Å². The summed E-state index contributed by atoms with van der Waals surface area (Å²) in [5.74, 6) is 1.81.